The minimum absolute atomic E-state index is 0.0846. The van der Waals surface area contributed by atoms with Crippen LogP contribution < -0.4 is 5.73 Å². The summed E-state index contributed by atoms with van der Waals surface area (Å²) in [6.07, 6.45) is 7.67. The lowest BCUT2D eigenvalue weighted by molar-refractivity contribution is -0.148. The van der Waals surface area contributed by atoms with E-state index < -0.39 is 31.6 Å². The molecule has 0 aliphatic carbocycles. The van der Waals surface area contributed by atoms with Crippen molar-refractivity contribution in [1.82, 2.24) is 0 Å². The smallest absolute Gasteiger partial charge is 0.309 e. The van der Waals surface area contributed by atoms with Gasteiger partial charge >= 0.3 is 5.97 Å². The Morgan fingerprint density at radius 3 is 1.86 bits per heavy atom. The molecular formula is C21H42NO5P. The molecule has 4 N–H and O–H groups in total. The monoisotopic (exact) mass is 419 g/mol. The summed E-state index contributed by atoms with van der Waals surface area (Å²) in [6, 6.07) is 0. The van der Waals surface area contributed by atoms with E-state index in [1.807, 2.05) is 0 Å². The zero-order chi connectivity index (χ0) is 21.7. The number of aliphatic carboxylic acids is 1. The van der Waals surface area contributed by atoms with Crippen molar-refractivity contribution in [2.24, 2.45) is 29.4 Å². The zero-order valence-corrected chi connectivity index (χ0v) is 19.3. The van der Waals surface area contributed by atoms with Gasteiger partial charge in [-0.2, -0.15) is 0 Å². The van der Waals surface area contributed by atoms with Crippen molar-refractivity contribution < 1.29 is 24.4 Å². The summed E-state index contributed by atoms with van der Waals surface area (Å²) in [5, 5.41) is 18.3. The fraction of sp³-hybridized carbons (Fsp3) is 0.905. The second-order valence-electron chi connectivity index (χ2n) is 9.01. The maximum Gasteiger partial charge on any atom is 0.309 e. The first-order chi connectivity index (χ1) is 13.0. The molecule has 28 heavy (non-hydrogen) atoms. The summed E-state index contributed by atoms with van der Waals surface area (Å²) in [5.41, 5.74) is 5.09. The average Bonchev–Trinajstić information content (AvgIpc) is 2.59. The van der Waals surface area contributed by atoms with Gasteiger partial charge in [0.2, 0.25) is 5.91 Å². The Bertz CT molecular complexity index is 485. The highest BCUT2D eigenvalue weighted by Gasteiger charge is 2.40. The van der Waals surface area contributed by atoms with E-state index in [4.69, 9.17) is 5.73 Å². The number of aliphatic hydroxyl groups is 1. The van der Waals surface area contributed by atoms with Crippen LogP contribution in [-0.2, 0) is 14.2 Å². The molecule has 0 rings (SSSR count). The van der Waals surface area contributed by atoms with Crippen LogP contribution in [0.4, 0.5) is 0 Å². The van der Waals surface area contributed by atoms with Crippen LogP contribution in [0.5, 0.6) is 0 Å². The van der Waals surface area contributed by atoms with Crippen LogP contribution >= 0.6 is 8.46 Å². The van der Waals surface area contributed by atoms with Gasteiger partial charge in [0.1, 0.15) is 5.34 Å². The molecule has 6 nitrogen and oxygen atoms in total. The van der Waals surface area contributed by atoms with Crippen LogP contribution in [0.3, 0.4) is 0 Å². The van der Waals surface area contributed by atoms with Gasteiger partial charge in [-0.15, -0.1) is 0 Å². The van der Waals surface area contributed by atoms with E-state index in [-0.39, 0.29) is 19.3 Å². The summed E-state index contributed by atoms with van der Waals surface area (Å²) >= 11 is 0. The van der Waals surface area contributed by atoms with Crippen LogP contribution in [0.25, 0.3) is 0 Å². The Kier molecular flexibility index (Phi) is 13.7. The average molecular weight is 420 g/mol. The molecule has 0 aliphatic rings. The van der Waals surface area contributed by atoms with Gasteiger partial charge in [0.15, 0.2) is 0 Å². The van der Waals surface area contributed by atoms with Crippen molar-refractivity contribution in [2.75, 3.05) is 0 Å². The zero-order valence-electron chi connectivity index (χ0n) is 18.2. The Labute approximate surface area is 171 Å². The molecule has 0 heterocycles. The minimum atomic E-state index is -1.75. The molecule has 0 fully saturated rings. The molecule has 0 aliphatic heterocycles. The number of amides is 1. The van der Waals surface area contributed by atoms with Crippen molar-refractivity contribution in [2.45, 2.75) is 97.2 Å². The van der Waals surface area contributed by atoms with Gasteiger partial charge in [-0.3, -0.25) is 9.59 Å². The Balaban J connectivity index is 4.39. The third-order valence-electron chi connectivity index (χ3n) is 5.69. The van der Waals surface area contributed by atoms with E-state index in [0.717, 1.165) is 18.8 Å². The molecule has 166 valence electrons. The second kappa shape index (κ2) is 14.2. The Morgan fingerprint density at radius 1 is 0.929 bits per heavy atom. The van der Waals surface area contributed by atoms with Crippen molar-refractivity contribution in [3.8, 4) is 0 Å². The summed E-state index contributed by atoms with van der Waals surface area (Å²) < 4.78 is 11.7. The maximum atomic E-state index is 11.7. The number of rotatable bonds is 17. The SMILES string of the molecule is CC(C)CCCC(C)CCCC(C)CCC(O)([PH2]=O)C(CCC(N)=O)C(=O)O. The number of hydrogen-bond donors (Lipinski definition) is 3. The normalized spacial score (nSPS) is 17.5. The lowest BCUT2D eigenvalue weighted by Crippen LogP contribution is -2.38. The van der Waals surface area contributed by atoms with E-state index in [1.165, 1.54) is 25.7 Å². The molecule has 0 radical (unpaired) electrons. The van der Waals surface area contributed by atoms with Gasteiger partial charge in [-0.05, 0) is 37.0 Å². The van der Waals surface area contributed by atoms with Gasteiger partial charge in [-0.25, -0.2) is 0 Å². The summed E-state index contributed by atoms with van der Waals surface area (Å²) in [5.74, 6) is -1.28. The Hall–Kier alpha value is -0.870. The third kappa shape index (κ3) is 11.9. The van der Waals surface area contributed by atoms with Crippen LogP contribution in [0.1, 0.15) is 91.9 Å². The highest BCUT2D eigenvalue weighted by Crippen LogP contribution is 2.38. The van der Waals surface area contributed by atoms with Gasteiger partial charge in [0.05, 0.1) is 14.4 Å². The van der Waals surface area contributed by atoms with Gasteiger partial charge in [0, 0.05) is 6.42 Å². The first-order valence-electron chi connectivity index (χ1n) is 10.7. The summed E-state index contributed by atoms with van der Waals surface area (Å²) in [7, 11) is -1.69. The molecule has 0 saturated heterocycles. The second-order valence-corrected chi connectivity index (χ2v) is 10.2. The molecule has 0 bridgehead atoms. The van der Waals surface area contributed by atoms with E-state index in [2.05, 4.69) is 27.7 Å². The fourth-order valence-corrected chi connectivity index (χ4v) is 4.40. The highest BCUT2D eigenvalue weighted by atomic mass is 31.1. The molecular weight excluding hydrogens is 377 g/mol. The molecule has 0 aromatic carbocycles. The highest BCUT2D eigenvalue weighted by molar-refractivity contribution is 7.25. The molecule has 7 heteroatoms. The van der Waals surface area contributed by atoms with E-state index >= 15 is 0 Å². The van der Waals surface area contributed by atoms with Crippen molar-refractivity contribution in [3.63, 3.8) is 0 Å². The largest absolute Gasteiger partial charge is 0.481 e. The van der Waals surface area contributed by atoms with Gasteiger partial charge in [0.25, 0.3) is 0 Å². The first-order valence-corrected chi connectivity index (χ1v) is 11.8. The molecule has 0 aromatic heterocycles. The van der Waals surface area contributed by atoms with Gasteiger partial charge in [-0.1, -0.05) is 66.2 Å². The summed E-state index contributed by atoms with van der Waals surface area (Å²) in [6.45, 7) is 8.88. The quantitative estimate of drug-likeness (QED) is 0.301. The number of carbonyl (C=O) groups is 2. The minimum Gasteiger partial charge on any atom is -0.481 e. The number of carbonyl (C=O) groups excluding carboxylic acids is 1. The predicted molar refractivity (Wildman–Crippen MR) is 115 cm³/mol. The number of carboxylic acid groups (broad SMARTS) is 1. The van der Waals surface area contributed by atoms with Crippen molar-refractivity contribution in [1.29, 1.82) is 0 Å². The van der Waals surface area contributed by atoms with E-state index in [1.54, 1.807) is 0 Å². The van der Waals surface area contributed by atoms with Crippen LogP contribution in [-0.4, -0.2) is 27.4 Å². The molecule has 1 amide bonds. The van der Waals surface area contributed by atoms with Crippen molar-refractivity contribution >= 4 is 20.3 Å². The number of hydrogen-bond acceptors (Lipinski definition) is 4. The van der Waals surface area contributed by atoms with E-state index in [9.17, 15) is 24.4 Å². The van der Waals surface area contributed by atoms with Crippen LogP contribution in [0, 0.1) is 23.7 Å². The van der Waals surface area contributed by atoms with Crippen molar-refractivity contribution in [3.05, 3.63) is 0 Å². The number of carboxylic acids is 1. The molecule has 5 unspecified atom stereocenters. The standard InChI is InChI=1S/C21H42NO5P/c1-15(2)7-5-8-16(3)9-6-10-17(4)13-14-21(26,28-27)18(20(24)25)11-12-19(22)23/h15-18,26H,5-14,28H2,1-4H3,(H2,22,23)(H,24,25). The maximum absolute atomic E-state index is 11.7. The van der Waals surface area contributed by atoms with E-state index in [0.29, 0.717) is 18.3 Å². The predicted octanol–water partition coefficient (Wildman–Crippen LogP) is 4.45. The molecule has 5 atom stereocenters. The van der Waals surface area contributed by atoms with Gasteiger partial charge < -0.3 is 20.5 Å². The molecule has 0 spiro atoms. The first kappa shape index (κ1) is 27.1. The number of nitrogens with two attached hydrogens (primary N) is 1. The lowest BCUT2D eigenvalue weighted by atomic mass is 9.88. The topological polar surface area (TPSA) is 118 Å². The Morgan fingerprint density at radius 2 is 1.43 bits per heavy atom. The lowest BCUT2D eigenvalue weighted by Gasteiger charge is -2.30. The van der Waals surface area contributed by atoms with Crippen LogP contribution in [0.15, 0.2) is 0 Å². The number of primary amides is 1. The fourth-order valence-electron chi connectivity index (χ4n) is 3.64. The third-order valence-corrected chi connectivity index (χ3v) is 6.79. The molecule has 0 saturated carbocycles. The van der Waals surface area contributed by atoms with Crippen LogP contribution in [0.2, 0.25) is 0 Å². The molecule has 0 aromatic rings. The summed E-state index contributed by atoms with van der Waals surface area (Å²) in [4.78, 5) is 22.5.